The molecule has 0 saturated carbocycles. The third kappa shape index (κ3) is 4.61. The molecular weight excluding hydrogens is 757 g/mol. The van der Waals surface area contributed by atoms with E-state index in [-0.39, 0.29) is 0 Å². The van der Waals surface area contributed by atoms with E-state index in [9.17, 15) is 5.26 Å². The van der Waals surface area contributed by atoms with Crippen molar-refractivity contribution in [3.63, 3.8) is 0 Å². The van der Waals surface area contributed by atoms with E-state index in [1.807, 2.05) is 12.1 Å². The zero-order chi connectivity index (χ0) is 41.1. The Bertz CT molecular complexity index is 3840. The highest BCUT2D eigenvalue weighted by Gasteiger charge is 2.24. The normalized spacial score (nSPS) is 11.8. The molecule has 0 atom stereocenters. The molecule has 0 aliphatic carbocycles. The number of fused-ring (bicyclic) bond motifs is 12. The fourth-order valence-corrected chi connectivity index (χ4v) is 10.2. The Kier molecular flexibility index (Phi) is 7.05. The summed E-state index contributed by atoms with van der Waals surface area (Å²) in [6.07, 6.45) is 0. The van der Waals surface area contributed by atoms with Gasteiger partial charge in [-0.25, -0.2) is 4.85 Å². The van der Waals surface area contributed by atoms with Crippen molar-refractivity contribution in [2.75, 3.05) is 0 Å². The van der Waals surface area contributed by atoms with Crippen molar-refractivity contribution in [2.24, 2.45) is 0 Å². The molecule has 0 aliphatic heterocycles. The van der Waals surface area contributed by atoms with Crippen LogP contribution >= 0.6 is 0 Å². The van der Waals surface area contributed by atoms with Crippen molar-refractivity contribution in [1.29, 1.82) is 5.26 Å². The van der Waals surface area contributed by atoms with Crippen LogP contribution in [0.1, 0.15) is 5.56 Å². The van der Waals surface area contributed by atoms with E-state index in [1.54, 1.807) is 6.07 Å². The quantitative estimate of drug-likeness (QED) is 0.164. The summed E-state index contributed by atoms with van der Waals surface area (Å²) in [5, 5.41) is 19.8. The predicted octanol–water partition coefficient (Wildman–Crippen LogP) is 14.5. The van der Waals surface area contributed by atoms with Gasteiger partial charge in [0.25, 0.3) is 0 Å². The molecule has 4 heterocycles. The summed E-state index contributed by atoms with van der Waals surface area (Å²) in [4.78, 5) is 4.12. The fourth-order valence-electron chi connectivity index (χ4n) is 10.2. The molecule has 0 spiro atoms. The molecule has 0 saturated heterocycles. The highest BCUT2D eigenvalue weighted by Crippen LogP contribution is 2.44. The van der Waals surface area contributed by atoms with E-state index >= 15 is 0 Å². The number of benzene rings is 9. The smallest absolute Gasteiger partial charge is 0.212 e. The molecular formula is C56H32N6. The molecule has 0 amide bonds. The van der Waals surface area contributed by atoms with Gasteiger partial charge < -0.3 is 18.3 Å². The lowest BCUT2D eigenvalue weighted by Gasteiger charge is -2.16. The summed E-state index contributed by atoms with van der Waals surface area (Å²) in [6.45, 7) is 8.55. The Morgan fingerprint density at radius 1 is 0.339 bits per heavy atom. The van der Waals surface area contributed by atoms with E-state index in [0.29, 0.717) is 11.3 Å². The predicted molar refractivity (Wildman–Crippen MR) is 255 cm³/mol. The maximum absolute atomic E-state index is 10.9. The summed E-state index contributed by atoms with van der Waals surface area (Å²) in [5.41, 5.74) is 12.9. The van der Waals surface area contributed by atoms with Gasteiger partial charge in [-0.15, -0.1) is 0 Å². The first-order chi connectivity index (χ1) is 30.7. The van der Waals surface area contributed by atoms with Gasteiger partial charge >= 0.3 is 0 Å². The first kappa shape index (κ1) is 34.1. The van der Waals surface area contributed by atoms with Gasteiger partial charge in [0, 0.05) is 54.5 Å². The molecule has 0 N–H and O–H groups in total. The highest BCUT2D eigenvalue weighted by atomic mass is 15.0. The molecule has 0 fully saturated rings. The van der Waals surface area contributed by atoms with Gasteiger partial charge in [0.2, 0.25) is 5.69 Å². The first-order valence-corrected chi connectivity index (χ1v) is 20.7. The topological polar surface area (TPSA) is 47.9 Å². The van der Waals surface area contributed by atoms with Crippen LogP contribution in [0.3, 0.4) is 0 Å². The lowest BCUT2D eigenvalue weighted by atomic mass is 10.1. The van der Waals surface area contributed by atoms with E-state index in [0.717, 1.165) is 110 Å². The number of hydrogen-bond donors (Lipinski definition) is 0. The molecule has 0 radical (unpaired) electrons. The van der Waals surface area contributed by atoms with E-state index in [2.05, 4.69) is 205 Å². The van der Waals surface area contributed by atoms with Gasteiger partial charge in [-0.1, -0.05) is 109 Å². The number of hydrogen-bond acceptors (Lipinski definition) is 1. The largest absolute Gasteiger partial charge is 0.319 e. The molecule has 6 nitrogen and oxygen atoms in total. The third-order valence-corrected chi connectivity index (χ3v) is 12.8. The zero-order valence-electron chi connectivity index (χ0n) is 33.2. The van der Waals surface area contributed by atoms with Crippen molar-refractivity contribution in [3.05, 3.63) is 211 Å². The van der Waals surface area contributed by atoms with Crippen LogP contribution in [-0.2, 0) is 0 Å². The number of nitriles is 1. The maximum Gasteiger partial charge on any atom is 0.212 e. The Balaban J connectivity index is 1.13. The third-order valence-electron chi connectivity index (χ3n) is 12.8. The van der Waals surface area contributed by atoms with Crippen LogP contribution in [0, 0.1) is 17.9 Å². The van der Waals surface area contributed by atoms with Crippen LogP contribution in [0.5, 0.6) is 0 Å². The summed E-state index contributed by atoms with van der Waals surface area (Å²) >= 11 is 0. The molecule has 286 valence electrons. The fraction of sp³-hybridized carbons (Fsp3) is 0. The van der Waals surface area contributed by atoms with Crippen molar-refractivity contribution in [2.45, 2.75) is 0 Å². The number of rotatable bonds is 4. The Morgan fingerprint density at radius 2 is 0.677 bits per heavy atom. The van der Waals surface area contributed by atoms with E-state index in [4.69, 9.17) is 6.57 Å². The SMILES string of the molecule is [C-]#[N+]c1cc(C#N)c(-n2c3ccccc3c3cc4c(cc32)c2ccccc2n4-c2ccccc2)cc1-n1c2ccccc2c2cc3c(cc21)c1ccccc1n3-c1ccccc1. The summed E-state index contributed by atoms with van der Waals surface area (Å²) < 4.78 is 9.15. The Labute approximate surface area is 355 Å². The molecule has 9 aromatic carbocycles. The summed E-state index contributed by atoms with van der Waals surface area (Å²) in [7, 11) is 0. The van der Waals surface area contributed by atoms with Crippen LogP contribution in [-0.4, -0.2) is 18.3 Å². The minimum Gasteiger partial charge on any atom is -0.319 e. The second-order valence-corrected chi connectivity index (χ2v) is 15.9. The number of para-hydroxylation sites is 6. The molecule has 0 bridgehead atoms. The molecule has 6 heteroatoms. The van der Waals surface area contributed by atoms with Crippen LogP contribution in [0.15, 0.2) is 194 Å². The van der Waals surface area contributed by atoms with Gasteiger partial charge in [-0.2, -0.15) is 5.26 Å². The Hall–Kier alpha value is -8.84. The van der Waals surface area contributed by atoms with Gasteiger partial charge in [0.15, 0.2) is 0 Å². The molecule has 4 aromatic heterocycles. The van der Waals surface area contributed by atoms with E-state index in [1.165, 1.54) is 0 Å². The van der Waals surface area contributed by atoms with Crippen molar-refractivity contribution < 1.29 is 0 Å². The standard InChI is InChI=1S/C56H32N6/c1-58-46-28-35(34-57)51(61-49-26-14-10-22-40(49)44-29-52-42(31-54(44)61)38-20-8-12-24-47(38)59(52)36-16-4-2-5-17-36)33-56(46)62-50-27-15-11-23-41(50)45-30-53-43(32-55(45)62)39-21-9-13-25-48(39)60(53)37-18-6-3-7-19-37/h2-33H. The zero-order valence-corrected chi connectivity index (χ0v) is 33.2. The second kappa shape index (κ2) is 12.8. The Morgan fingerprint density at radius 3 is 1.06 bits per heavy atom. The summed E-state index contributed by atoms with van der Waals surface area (Å²) in [6, 6.07) is 70.6. The number of nitrogens with zero attached hydrogens (tertiary/aromatic N) is 6. The average molecular weight is 789 g/mol. The van der Waals surface area contributed by atoms with E-state index < -0.39 is 0 Å². The van der Waals surface area contributed by atoms with Gasteiger partial charge in [0.1, 0.15) is 0 Å². The van der Waals surface area contributed by atoms with Crippen LogP contribution in [0.2, 0.25) is 0 Å². The van der Waals surface area contributed by atoms with Crippen LogP contribution in [0.4, 0.5) is 5.69 Å². The van der Waals surface area contributed by atoms with Gasteiger partial charge in [0.05, 0.1) is 73.7 Å². The first-order valence-electron chi connectivity index (χ1n) is 20.7. The molecule has 13 aromatic rings. The van der Waals surface area contributed by atoms with Crippen molar-refractivity contribution >= 4 is 92.9 Å². The van der Waals surface area contributed by atoms with Crippen LogP contribution < -0.4 is 0 Å². The molecule has 0 unspecified atom stereocenters. The summed E-state index contributed by atoms with van der Waals surface area (Å²) in [5.74, 6) is 0. The minimum absolute atomic E-state index is 0.411. The number of aromatic nitrogens is 4. The van der Waals surface area contributed by atoms with Gasteiger partial charge in [-0.05, 0) is 84.9 Å². The lowest BCUT2D eigenvalue weighted by molar-refractivity contribution is 1.13. The molecule has 62 heavy (non-hydrogen) atoms. The second-order valence-electron chi connectivity index (χ2n) is 15.9. The van der Waals surface area contributed by atoms with Crippen molar-refractivity contribution in [1.82, 2.24) is 18.3 Å². The average Bonchev–Trinajstić information content (AvgIpc) is 4.04. The minimum atomic E-state index is 0.411. The van der Waals surface area contributed by atoms with Crippen LogP contribution in [0.25, 0.3) is 115 Å². The lowest BCUT2D eigenvalue weighted by Crippen LogP contribution is -2.02. The molecule has 0 aliphatic rings. The van der Waals surface area contributed by atoms with Crippen molar-refractivity contribution in [3.8, 4) is 28.8 Å². The molecule has 13 rings (SSSR count). The monoisotopic (exact) mass is 788 g/mol. The van der Waals surface area contributed by atoms with Gasteiger partial charge in [-0.3, -0.25) is 0 Å². The highest BCUT2D eigenvalue weighted by molar-refractivity contribution is 6.21. The maximum atomic E-state index is 10.9.